The normalized spacial score (nSPS) is 10.3. The number of hydrogen-bond donors (Lipinski definition) is 2. The van der Waals surface area contributed by atoms with E-state index in [4.69, 9.17) is 9.15 Å². The van der Waals surface area contributed by atoms with Gasteiger partial charge in [0, 0.05) is 23.4 Å². The van der Waals surface area contributed by atoms with E-state index in [1.807, 2.05) is 30.3 Å². The smallest absolute Gasteiger partial charge is 0.291 e. The van der Waals surface area contributed by atoms with Gasteiger partial charge in [-0.05, 0) is 36.4 Å². The Morgan fingerprint density at radius 3 is 2.44 bits per heavy atom. The van der Waals surface area contributed by atoms with E-state index in [-0.39, 0.29) is 24.2 Å². The predicted octanol–water partition coefficient (Wildman–Crippen LogP) is 4.46. The fourth-order valence-electron chi connectivity index (χ4n) is 2.44. The lowest BCUT2D eigenvalue weighted by atomic mass is 10.2. The SMILES string of the molecule is CCC(=O)Nc1cccc(NC(=O)c2occc2COc2ccccc2)c1. The van der Waals surface area contributed by atoms with Gasteiger partial charge < -0.3 is 19.8 Å². The van der Waals surface area contributed by atoms with Gasteiger partial charge in [-0.2, -0.15) is 0 Å². The Kier molecular flexibility index (Phi) is 5.89. The van der Waals surface area contributed by atoms with Crippen LogP contribution in [-0.2, 0) is 11.4 Å². The van der Waals surface area contributed by atoms with Crippen molar-refractivity contribution in [1.82, 2.24) is 0 Å². The number of hydrogen-bond acceptors (Lipinski definition) is 4. The van der Waals surface area contributed by atoms with Gasteiger partial charge in [0.25, 0.3) is 5.91 Å². The first-order chi connectivity index (χ1) is 13.2. The molecule has 0 saturated carbocycles. The summed E-state index contributed by atoms with van der Waals surface area (Å²) in [5.74, 6) is 0.425. The molecule has 2 amide bonds. The molecule has 0 unspecified atom stereocenters. The second-order valence-corrected chi connectivity index (χ2v) is 5.81. The number of rotatable bonds is 7. The molecular weight excluding hydrogens is 344 g/mol. The maximum atomic E-state index is 12.5. The van der Waals surface area contributed by atoms with Crippen molar-refractivity contribution in [3.8, 4) is 5.75 Å². The van der Waals surface area contributed by atoms with Crippen LogP contribution >= 0.6 is 0 Å². The molecule has 0 bridgehead atoms. The highest BCUT2D eigenvalue weighted by Gasteiger charge is 2.16. The summed E-state index contributed by atoms with van der Waals surface area (Å²) in [5, 5.41) is 5.53. The van der Waals surface area contributed by atoms with Crippen LogP contribution in [-0.4, -0.2) is 11.8 Å². The van der Waals surface area contributed by atoms with E-state index in [1.54, 1.807) is 37.3 Å². The van der Waals surface area contributed by atoms with Gasteiger partial charge >= 0.3 is 0 Å². The zero-order chi connectivity index (χ0) is 19.1. The van der Waals surface area contributed by atoms with Crippen molar-refractivity contribution in [2.45, 2.75) is 20.0 Å². The summed E-state index contributed by atoms with van der Waals surface area (Å²) in [7, 11) is 0. The van der Waals surface area contributed by atoms with Crippen molar-refractivity contribution >= 4 is 23.2 Å². The molecule has 0 radical (unpaired) electrons. The van der Waals surface area contributed by atoms with Crippen molar-refractivity contribution in [2.75, 3.05) is 10.6 Å². The van der Waals surface area contributed by atoms with Crippen molar-refractivity contribution in [3.05, 3.63) is 78.3 Å². The number of benzene rings is 2. The van der Waals surface area contributed by atoms with Gasteiger partial charge in [0.15, 0.2) is 5.76 Å². The molecule has 0 saturated heterocycles. The average Bonchev–Trinajstić information content (AvgIpc) is 3.16. The summed E-state index contributed by atoms with van der Waals surface area (Å²) in [6, 6.07) is 18.0. The highest BCUT2D eigenvalue weighted by Crippen LogP contribution is 2.19. The maximum absolute atomic E-state index is 12.5. The third-order valence-corrected chi connectivity index (χ3v) is 3.82. The Morgan fingerprint density at radius 2 is 1.70 bits per heavy atom. The van der Waals surface area contributed by atoms with Crippen molar-refractivity contribution in [3.63, 3.8) is 0 Å². The minimum atomic E-state index is -0.384. The monoisotopic (exact) mass is 364 g/mol. The lowest BCUT2D eigenvalue weighted by Crippen LogP contribution is -2.14. The lowest BCUT2D eigenvalue weighted by Gasteiger charge is -2.09. The number of anilines is 2. The summed E-state index contributed by atoms with van der Waals surface area (Å²) >= 11 is 0. The number of amides is 2. The minimum Gasteiger partial charge on any atom is -0.489 e. The molecule has 0 aliphatic rings. The Labute approximate surface area is 157 Å². The van der Waals surface area contributed by atoms with E-state index in [0.29, 0.717) is 29.1 Å². The predicted molar refractivity (Wildman–Crippen MR) is 103 cm³/mol. The molecule has 0 fully saturated rings. The molecule has 138 valence electrons. The van der Waals surface area contributed by atoms with Crippen LogP contribution in [0.15, 0.2) is 71.3 Å². The van der Waals surface area contributed by atoms with Crippen molar-refractivity contribution in [1.29, 1.82) is 0 Å². The van der Waals surface area contributed by atoms with Crippen molar-refractivity contribution in [2.24, 2.45) is 0 Å². The molecule has 27 heavy (non-hydrogen) atoms. The van der Waals surface area contributed by atoms with Gasteiger partial charge in [-0.15, -0.1) is 0 Å². The van der Waals surface area contributed by atoms with Crippen LogP contribution in [0.3, 0.4) is 0 Å². The molecule has 1 heterocycles. The van der Waals surface area contributed by atoms with Crippen LogP contribution < -0.4 is 15.4 Å². The molecule has 0 spiro atoms. The second kappa shape index (κ2) is 8.71. The summed E-state index contributed by atoms with van der Waals surface area (Å²) in [5.41, 5.74) is 1.82. The minimum absolute atomic E-state index is 0.0927. The molecule has 3 aromatic rings. The number of furan rings is 1. The van der Waals surface area contributed by atoms with Crippen LogP contribution in [0.2, 0.25) is 0 Å². The molecule has 0 atom stereocenters. The van der Waals surface area contributed by atoms with Gasteiger partial charge in [-0.1, -0.05) is 31.2 Å². The summed E-state index contributed by atoms with van der Waals surface area (Å²) < 4.78 is 11.0. The Morgan fingerprint density at radius 1 is 0.963 bits per heavy atom. The third kappa shape index (κ3) is 4.98. The highest BCUT2D eigenvalue weighted by atomic mass is 16.5. The van der Waals surface area contributed by atoms with Gasteiger partial charge in [-0.25, -0.2) is 0 Å². The van der Waals surface area contributed by atoms with Crippen LogP contribution in [0.1, 0.15) is 29.5 Å². The van der Waals surface area contributed by atoms with E-state index in [9.17, 15) is 9.59 Å². The Hall–Kier alpha value is -3.54. The average molecular weight is 364 g/mol. The number of nitrogens with one attached hydrogen (secondary N) is 2. The first kappa shape index (κ1) is 18.3. The van der Waals surface area contributed by atoms with E-state index < -0.39 is 0 Å². The Balaban J connectivity index is 1.66. The zero-order valence-electron chi connectivity index (χ0n) is 14.9. The van der Waals surface area contributed by atoms with E-state index >= 15 is 0 Å². The fraction of sp³-hybridized carbons (Fsp3) is 0.143. The molecular formula is C21H20N2O4. The van der Waals surface area contributed by atoms with E-state index in [0.717, 1.165) is 0 Å². The third-order valence-electron chi connectivity index (χ3n) is 3.82. The van der Waals surface area contributed by atoms with Gasteiger partial charge in [-0.3, -0.25) is 9.59 Å². The van der Waals surface area contributed by atoms with Crippen LogP contribution in [0, 0.1) is 0 Å². The van der Waals surface area contributed by atoms with Gasteiger partial charge in [0.2, 0.25) is 5.91 Å². The molecule has 0 aliphatic heterocycles. The number of carbonyl (C=O) groups is 2. The first-order valence-electron chi connectivity index (χ1n) is 8.61. The van der Waals surface area contributed by atoms with Crippen LogP contribution in [0.25, 0.3) is 0 Å². The van der Waals surface area contributed by atoms with Crippen LogP contribution in [0.4, 0.5) is 11.4 Å². The number of carbonyl (C=O) groups excluding carboxylic acids is 2. The van der Waals surface area contributed by atoms with E-state index in [2.05, 4.69) is 10.6 Å². The molecule has 2 aromatic carbocycles. The molecule has 0 aliphatic carbocycles. The topological polar surface area (TPSA) is 80.6 Å². The van der Waals surface area contributed by atoms with Gasteiger partial charge in [0.1, 0.15) is 12.4 Å². The fourth-order valence-corrected chi connectivity index (χ4v) is 2.44. The molecule has 3 rings (SSSR count). The van der Waals surface area contributed by atoms with Gasteiger partial charge in [0.05, 0.1) is 6.26 Å². The molecule has 6 heteroatoms. The van der Waals surface area contributed by atoms with Crippen LogP contribution in [0.5, 0.6) is 5.75 Å². The first-order valence-corrected chi connectivity index (χ1v) is 8.61. The summed E-state index contributed by atoms with van der Waals surface area (Å²) in [6.45, 7) is 1.99. The highest BCUT2D eigenvalue weighted by molar-refractivity contribution is 6.03. The van der Waals surface area contributed by atoms with Crippen molar-refractivity contribution < 1.29 is 18.7 Å². The second-order valence-electron chi connectivity index (χ2n) is 5.81. The Bertz CT molecular complexity index is 919. The quantitative estimate of drug-likeness (QED) is 0.649. The number of para-hydroxylation sites is 1. The summed E-state index contributed by atoms with van der Waals surface area (Å²) in [4.78, 5) is 24.1. The number of ether oxygens (including phenoxy) is 1. The standard InChI is InChI=1S/C21H20N2O4/c1-2-19(24)22-16-7-6-8-17(13-16)23-21(25)20-15(11-12-26-20)14-27-18-9-4-3-5-10-18/h3-13H,2,14H2,1H3,(H,22,24)(H,23,25). The largest absolute Gasteiger partial charge is 0.489 e. The van der Waals surface area contributed by atoms with E-state index in [1.165, 1.54) is 6.26 Å². The molecule has 6 nitrogen and oxygen atoms in total. The lowest BCUT2D eigenvalue weighted by molar-refractivity contribution is -0.115. The maximum Gasteiger partial charge on any atom is 0.291 e. The summed E-state index contributed by atoms with van der Waals surface area (Å²) in [6.07, 6.45) is 1.84. The molecule has 2 N–H and O–H groups in total. The zero-order valence-corrected chi connectivity index (χ0v) is 14.9. The molecule has 1 aromatic heterocycles.